The molecule has 0 radical (unpaired) electrons. The zero-order valence-electron chi connectivity index (χ0n) is 11.5. The lowest BCUT2D eigenvalue weighted by molar-refractivity contribution is -0.120. The van der Waals surface area contributed by atoms with Gasteiger partial charge in [-0.3, -0.25) is 4.79 Å². The molecule has 1 N–H and O–H groups in total. The highest BCUT2D eigenvalue weighted by Crippen LogP contribution is 2.39. The van der Waals surface area contributed by atoms with E-state index in [1.54, 1.807) is 0 Å². The maximum Gasteiger partial charge on any atom is 0.238 e. The van der Waals surface area contributed by atoms with Crippen molar-refractivity contribution in [3.8, 4) is 0 Å². The van der Waals surface area contributed by atoms with Gasteiger partial charge >= 0.3 is 0 Å². The molecular formula is C17H16ClNOS. The third-order valence-electron chi connectivity index (χ3n) is 3.35. The summed E-state index contributed by atoms with van der Waals surface area (Å²) < 4.78 is 0. The van der Waals surface area contributed by atoms with E-state index in [0.717, 1.165) is 23.3 Å². The first kappa shape index (κ1) is 14.5. The van der Waals surface area contributed by atoms with Crippen molar-refractivity contribution in [1.82, 2.24) is 5.32 Å². The molecule has 2 aromatic rings. The quantitative estimate of drug-likeness (QED) is 0.825. The number of rotatable bonds is 5. The van der Waals surface area contributed by atoms with Crippen LogP contribution in [-0.4, -0.2) is 11.9 Å². The van der Waals surface area contributed by atoms with Gasteiger partial charge in [-0.25, -0.2) is 0 Å². The molecular weight excluding hydrogens is 302 g/mol. The lowest BCUT2D eigenvalue weighted by atomic mass is 10.1. The fourth-order valence-electron chi connectivity index (χ4n) is 2.07. The van der Waals surface area contributed by atoms with Crippen molar-refractivity contribution < 1.29 is 4.79 Å². The predicted molar refractivity (Wildman–Crippen MR) is 87.7 cm³/mol. The predicted octanol–water partition coefficient (Wildman–Crippen LogP) is 4.45. The van der Waals surface area contributed by atoms with Crippen LogP contribution in [0.15, 0.2) is 59.5 Å². The molecule has 108 valence electrons. The highest BCUT2D eigenvalue weighted by molar-refractivity contribution is 8.00. The molecule has 2 aromatic carbocycles. The minimum absolute atomic E-state index is 0.0635. The minimum atomic E-state index is -0.272. The average Bonchev–Trinajstić information content (AvgIpc) is 3.31. The van der Waals surface area contributed by atoms with Gasteiger partial charge in [-0.15, -0.1) is 11.8 Å². The molecule has 0 heterocycles. The van der Waals surface area contributed by atoms with Crippen LogP contribution >= 0.6 is 23.4 Å². The topological polar surface area (TPSA) is 29.1 Å². The summed E-state index contributed by atoms with van der Waals surface area (Å²) in [6.07, 6.45) is 2.17. The molecule has 0 spiro atoms. The number of benzene rings is 2. The van der Waals surface area contributed by atoms with Crippen molar-refractivity contribution in [3.05, 3.63) is 65.2 Å². The van der Waals surface area contributed by atoms with Crippen LogP contribution in [0.3, 0.4) is 0 Å². The highest BCUT2D eigenvalue weighted by Gasteiger charge is 2.29. The van der Waals surface area contributed by atoms with Crippen LogP contribution in [0.1, 0.15) is 23.7 Å². The van der Waals surface area contributed by atoms with Crippen LogP contribution in [-0.2, 0) is 4.79 Å². The van der Waals surface area contributed by atoms with Crippen LogP contribution in [0.2, 0.25) is 5.02 Å². The fraction of sp³-hybridized carbons (Fsp3) is 0.235. The smallest absolute Gasteiger partial charge is 0.238 e. The van der Waals surface area contributed by atoms with Gasteiger partial charge in [0, 0.05) is 10.9 Å². The SMILES string of the molecule is O=C(NC1CC1)C(Sc1ccccc1Cl)c1ccccc1. The van der Waals surface area contributed by atoms with Crippen LogP contribution in [0.25, 0.3) is 0 Å². The maximum atomic E-state index is 12.5. The van der Waals surface area contributed by atoms with Gasteiger partial charge in [-0.05, 0) is 30.5 Å². The molecule has 3 rings (SSSR count). The summed E-state index contributed by atoms with van der Waals surface area (Å²) in [5.41, 5.74) is 1.00. The van der Waals surface area contributed by atoms with Crippen LogP contribution in [0.4, 0.5) is 0 Å². The molecule has 1 unspecified atom stereocenters. The summed E-state index contributed by atoms with van der Waals surface area (Å²) in [5.74, 6) is 0.0635. The number of amides is 1. The molecule has 21 heavy (non-hydrogen) atoms. The molecule has 1 atom stereocenters. The number of thioether (sulfide) groups is 1. The molecule has 1 fully saturated rings. The number of hydrogen-bond acceptors (Lipinski definition) is 2. The molecule has 0 bridgehead atoms. The Labute approximate surface area is 133 Å². The third-order valence-corrected chi connectivity index (χ3v) is 5.12. The van der Waals surface area contributed by atoms with Gasteiger partial charge in [0.25, 0.3) is 0 Å². The summed E-state index contributed by atoms with van der Waals surface area (Å²) in [7, 11) is 0. The molecule has 1 saturated carbocycles. The monoisotopic (exact) mass is 317 g/mol. The van der Waals surface area contributed by atoms with Crippen molar-refractivity contribution >= 4 is 29.3 Å². The minimum Gasteiger partial charge on any atom is -0.352 e. The average molecular weight is 318 g/mol. The second-order valence-corrected chi connectivity index (χ2v) is 6.68. The molecule has 0 aliphatic heterocycles. The Morgan fingerprint density at radius 3 is 2.43 bits per heavy atom. The Bertz CT molecular complexity index is 628. The van der Waals surface area contributed by atoms with Crippen LogP contribution in [0, 0.1) is 0 Å². The zero-order valence-corrected chi connectivity index (χ0v) is 13.0. The van der Waals surface area contributed by atoms with Crippen molar-refractivity contribution in [1.29, 1.82) is 0 Å². The van der Waals surface area contributed by atoms with E-state index < -0.39 is 0 Å². The van der Waals surface area contributed by atoms with E-state index >= 15 is 0 Å². The van der Waals surface area contributed by atoms with Gasteiger partial charge in [0.05, 0.1) is 5.02 Å². The van der Waals surface area contributed by atoms with Gasteiger partial charge in [0.2, 0.25) is 5.91 Å². The number of hydrogen-bond donors (Lipinski definition) is 1. The van der Waals surface area contributed by atoms with Crippen molar-refractivity contribution in [2.24, 2.45) is 0 Å². The second-order valence-electron chi connectivity index (χ2n) is 5.12. The van der Waals surface area contributed by atoms with Crippen LogP contribution < -0.4 is 5.32 Å². The molecule has 4 heteroatoms. The first-order valence-electron chi connectivity index (χ1n) is 7.00. The Balaban J connectivity index is 1.85. The van der Waals surface area contributed by atoms with E-state index in [2.05, 4.69) is 5.32 Å². The number of carbonyl (C=O) groups is 1. The fourth-order valence-corrected chi connectivity index (χ4v) is 3.40. The molecule has 1 aliphatic rings. The highest BCUT2D eigenvalue weighted by atomic mass is 35.5. The van der Waals surface area contributed by atoms with Crippen LogP contribution in [0.5, 0.6) is 0 Å². The second kappa shape index (κ2) is 6.54. The molecule has 2 nitrogen and oxygen atoms in total. The number of halogens is 1. The van der Waals surface area contributed by atoms with Gasteiger partial charge in [0.1, 0.15) is 5.25 Å². The Morgan fingerprint density at radius 1 is 1.10 bits per heavy atom. The Hall–Kier alpha value is -1.45. The Kier molecular flexibility index (Phi) is 4.51. The summed E-state index contributed by atoms with van der Waals surface area (Å²) in [5, 5.41) is 3.50. The summed E-state index contributed by atoms with van der Waals surface area (Å²) in [6, 6.07) is 17.8. The standard InChI is InChI=1S/C17H16ClNOS/c18-14-8-4-5-9-15(14)21-16(12-6-2-1-3-7-12)17(20)19-13-10-11-13/h1-9,13,16H,10-11H2,(H,19,20). The van der Waals surface area contributed by atoms with Gasteiger partial charge < -0.3 is 5.32 Å². The largest absolute Gasteiger partial charge is 0.352 e. The summed E-state index contributed by atoms with van der Waals surface area (Å²) >= 11 is 7.73. The van der Waals surface area contributed by atoms with E-state index in [1.165, 1.54) is 11.8 Å². The van der Waals surface area contributed by atoms with E-state index in [4.69, 9.17) is 11.6 Å². The summed E-state index contributed by atoms with van der Waals surface area (Å²) in [6.45, 7) is 0. The first-order chi connectivity index (χ1) is 10.2. The van der Waals surface area contributed by atoms with Crippen molar-refractivity contribution in [3.63, 3.8) is 0 Å². The number of carbonyl (C=O) groups excluding carboxylic acids is 1. The van der Waals surface area contributed by atoms with E-state index in [-0.39, 0.29) is 11.2 Å². The molecule has 0 aromatic heterocycles. The molecule has 1 aliphatic carbocycles. The van der Waals surface area contributed by atoms with Crippen molar-refractivity contribution in [2.75, 3.05) is 0 Å². The maximum absolute atomic E-state index is 12.5. The van der Waals surface area contributed by atoms with E-state index in [1.807, 2.05) is 54.6 Å². The normalized spacial score (nSPS) is 15.5. The molecule has 0 saturated heterocycles. The van der Waals surface area contributed by atoms with Gasteiger partial charge in [0.15, 0.2) is 0 Å². The third kappa shape index (κ3) is 3.80. The van der Waals surface area contributed by atoms with Gasteiger partial charge in [-0.2, -0.15) is 0 Å². The first-order valence-corrected chi connectivity index (χ1v) is 8.26. The van der Waals surface area contributed by atoms with Gasteiger partial charge in [-0.1, -0.05) is 54.1 Å². The zero-order chi connectivity index (χ0) is 14.7. The summed E-state index contributed by atoms with van der Waals surface area (Å²) in [4.78, 5) is 13.5. The lowest BCUT2D eigenvalue weighted by Gasteiger charge is -2.17. The molecule has 1 amide bonds. The number of nitrogens with one attached hydrogen (secondary N) is 1. The van der Waals surface area contributed by atoms with Crippen molar-refractivity contribution in [2.45, 2.75) is 29.0 Å². The van der Waals surface area contributed by atoms with E-state index in [0.29, 0.717) is 11.1 Å². The van der Waals surface area contributed by atoms with E-state index in [9.17, 15) is 4.79 Å². The lowest BCUT2D eigenvalue weighted by Crippen LogP contribution is -2.29. The Morgan fingerprint density at radius 2 is 1.76 bits per heavy atom.